The molecule has 0 bridgehead atoms. The van der Waals surface area contributed by atoms with E-state index in [1.54, 1.807) is 0 Å². The zero-order chi connectivity index (χ0) is 5.98. The molecular formula is C5H8INO. The van der Waals surface area contributed by atoms with Gasteiger partial charge in [-0.3, -0.25) is 4.79 Å². The average Bonchev–Trinajstić information content (AvgIpc) is 1.64. The molecule has 1 unspecified atom stereocenters. The summed E-state index contributed by atoms with van der Waals surface area (Å²) in [6.45, 7) is 0. The zero-order valence-electron chi connectivity index (χ0n) is 4.48. The summed E-state index contributed by atoms with van der Waals surface area (Å²) in [5, 5.41) is 2.80. The van der Waals surface area contributed by atoms with Crippen molar-refractivity contribution in [1.29, 1.82) is 0 Å². The second-order valence-corrected chi connectivity index (χ2v) is 3.02. The molecule has 1 aliphatic rings. The van der Waals surface area contributed by atoms with Crippen LogP contribution >= 0.6 is 22.6 Å². The molecule has 2 nitrogen and oxygen atoms in total. The van der Waals surface area contributed by atoms with Crippen molar-refractivity contribution in [3.8, 4) is 0 Å². The first kappa shape index (κ1) is 6.32. The maximum absolute atomic E-state index is 10.3. The Balaban J connectivity index is 2.06. The molecule has 0 spiro atoms. The van der Waals surface area contributed by atoms with Crippen molar-refractivity contribution in [2.45, 2.75) is 18.9 Å². The van der Waals surface area contributed by atoms with Crippen LogP contribution < -0.4 is 5.32 Å². The number of halogens is 1. The van der Waals surface area contributed by atoms with Crippen molar-refractivity contribution in [3.63, 3.8) is 0 Å². The van der Waals surface area contributed by atoms with Gasteiger partial charge in [-0.25, -0.2) is 0 Å². The lowest BCUT2D eigenvalue weighted by molar-refractivity contribution is -0.128. The van der Waals surface area contributed by atoms with Gasteiger partial charge in [-0.15, -0.1) is 0 Å². The lowest BCUT2D eigenvalue weighted by Crippen LogP contribution is -2.48. The minimum absolute atomic E-state index is 0.208. The van der Waals surface area contributed by atoms with Gasteiger partial charge >= 0.3 is 0 Å². The van der Waals surface area contributed by atoms with Crippen molar-refractivity contribution >= 4 is 28.5 Å². The van der Waals surface area contributed by atoms with Crippen molar-refractivity contribution in [2.24, 2.45) is 0 Å². The van der Waals surface area contributed by atoms with E-state index in [4.69, 9.17) is 0 Å². The van der Waals surface area contributed by atoms with E-state index in [1.165, 1.54) is 0 Å². The van der Waals surface area contributed by atoms with E-state index >= 15 is 0 Å². The van der Waals surface area contributed by atoms with Gasteiger partial charge in [0.1, 0.15) is 0 Å². The standard InChI is InChI=1S/C5H8INO/c6-2-1-4-3-5(8)7-4/h4H,1-3H2,(H,7,8). The van der Waals surface area contributed by atoms with Gasteiger partial charge in [0.15, 0.2) is 0 Å². The van der Waals surface area contributed by atoms with Crippen LogP contribution in [0.4, 0.5) is 0 Å². The number of rotatable bonds is 2. The first-order valence-electron chi connectivity index (χ1n) is 2.68. The number of carbonyl (C=O) groups excluding carboxylic acids is 1. The Labute approximate surface area is 62.2 Å². The van der Waals surface area contributed by atoms with Crippen LogP contribution in [-0.4, -0.2) is 16.4 Å². The monoisotopic (exact) mass is 225 g/mol. The highest BCUT2D eigenvalue weighted by atomic mass is 127. The van der Waals surface area contributed by atoms with Crippen molar-refractivity contribution in [2.75, 3.05) is 4.43 Å². The van der Waals surface area contributed by atoms with Gasteiger partial charge in [-0.1, -0.05) is 22.6 Å². The molecule has 3 heteroatoms. The number of carbonyl (C=O) groups is 1. The topological polar surface area (TPSA) is 29.1 Å². The van der Waals surface area contributed by atoms with Gasteiger partial charge < -0.3 is 5.32 Å². The molecular weight excluding hydrogens is 217 g/mol. The van der Waals surface area contributed by atoms with Gasteiger partial charge in [0.2, 0.25) is 5.91 Å². The van der Waals surface area contributed by atoms with Crippen LogP contribution in [0.25, 0.3) is 0 Å². The summed E-state index contributed by atoms with van der Waals surface area (Å²) in [5.74, 6) is 0.208. The summed E-state index contributed by atoms with van der Waals surface area (Å²) >= 11 is 2.32. The number of hydrogen-bond donors (Lipinski definition) is 1. The van der Waals surface area contributed by atoms with Crippen LogP contribution in [0.2, 0.25) is 0 Å². The van der Waals surface area contributed by atoms with Gasteiger partial charge in [0.25, 0.3) is 0 Å². The molecule has 1 rings (SSSR count). The molecule has 1 heterocycles. The lowest BCUT2D eigenvalue weighted by atomic mass is 10.0. The van der Waals surface area contributed by atoms with Crippen molar-refractivity contribution in [1.82, 2.24) is 5.32 Å². The number of β-lactam (4-membered cyclic amide) rings is 1. The molecule has 0 saturated carbocycles. The SMILES string of the molecule is O=C1CC(CCI)N1. The molecule has 0 radical (unpaired) electrons. The Morgan fingerprint density at radius 1 is 1.88 bits per heavy atom. The zero-order valence-corrected chi connectivity index (χ0v) is 6.64. The van der Waals surface area contributed by atoms with Gasteiger partial charge in [0, 0.05) is 16.9 Å². The molecule has 46 valence electrons. The van der Waals surface area contributed by atoms with E-state index < -0.39 is 0 Å². The van der Waals surface area contributed by atoms with Crippen LogP contribution in [0.15, 0.2) is 0 Å². The van der Waals surface area contributed by atoms with Crippen LogP contribution in [0, 0.1) is 0 Å². The van der Waals surface area contributed by atoms with E-state index in [-0.39, 0.29) is 5.91 Å². The second-order valence-electron chi connectivity index (χ2n) is 1.95. The Morgan fingerprint density at radius 2 is 2.50 bits per heavy atom. The van der Waals surface area contributed by atoms with E-state index in [2.05, 4.69) is 27.9 Å². The second kappa shape index (κ2) is 2.66. The fourth-order valence-corrected chi connectivity index (χ4v) is 1.49. The molecule has 1 amide bonds. The Kier molecular flexibility index (Phi) is 2.10. The Bertz CT molecular complexity index is 96.6. The quantitative estimate of drug-likeness (QED) is 0.418. The average molecular weight is 225 g/mol. The minimum atomic E-state index is 0.208. The smallest absolute Gasteiger partial charge is 0.222 e. The summed E-state index contributed by atoms with van der Waals surface area (Å²) < 4.78 is 1.14. The van der Waals surface area contributed by atoms with Crippen molar-refractivity contribution < 1.29 is 4.79 Å². The highest BCUT2D eigenvalue weighted by Crippen LogP contribution is 2.08. The Hall–Kier alpha value is 0.200. The van der Waals surface area contributed by atoms with Crippen LogP contribution in [-0.2, 0) is 4.79 Å². The number of alkyl halides is 1. The molecule has 1 aliphatic heterocycles. The molecule has 0 aromatic carbocycles. The Morgan fingerprint density at radius 3 is 2.88 bits per heavy atom. The fraction of sp³-hybridized carbons (Fsp3) is 0.800. The highest BCUT2D eigenvalue weighted by molar-refractivity contribution is 14.1. The summed E-state index contributed by atoms with van der Waals surface area (Å²) in [6, 6.07) is 0.499. The van der Waals surface area contributed by atoms with Crippen molar-refractivity contribution in [3.05, 3.63) is 0 Å². The predicted octanol–water partition coefficient (Wildman–Crippen LogP) is 0.700. The maximum atomic E-state index is 10.3. The molecule has 0 aromatic rings. The third-order valence-corrected chi connectivity index (χ3v) is 1.88. The summed E-state index contributed by atoms with van der Waals surface area (Å²) in [7, 11) is 0. The highest BCUT2D eigenvalue weighted by Gasteiger charge is 2.23. The van der Waals surface area contributed by atoms with Crippen LogP contribution in [0.5, 0.6) is 0 Å². The number of hydrogen-bond acceptors (Lipinski definition) is 1. The van der Waals surface area contributed by atoms with Gasteiger partial charge in [0.05, 0.1) is 0 Å². The number of nitrogens with one attached hydrogen (secondary N) is 1. The molecule has 8 heavy (non-hydrogen) atoms. The summed E-state index contributed by atoms with van der Waals surface area (Å²) in [5.41, 5.74) is 0. The molecule has 1 atom stereocenters. The van der Waals surface area contributed by atoms with Crippen LogP contribution in [0.3, 0.4) is 0 Å². The first-order valence-corrected chi connectivity index (χ1v) is 4.21. The molecule has 0 aromatic heterocycles. The molecule has 0 aliphatic carbocycles. The van der Waals surface area contributed by atoms with E-state index in [1.807, 2.05) is 0 Å². The number of amides is 1. The van der Waals surface area contributed by atoms with Gasteiger partial charge in [-0.05, 0) is 6.42 Å². The third kappa shape index (κ3) is 1.34. The van der Waals surface area contributed by atoms with E-state index in [9.17, 15) is 4.79 Å². The normalized spacial score (nSPS) is 26.6. The maximum Gasteiger partial charge on any atom is 0.222 e. The van der Waals surface area contributed by atoms with Gasteiger partial charge in [-0.2, -0.15) is 0 Å². The predicted molar refractivity (Wildman–Crippen MR) is 40.1 cm³/mol. The van der Waals surface area contributed by atoms with E-state index in [0.29, 0.717) is 6.04 Å². The first-order chi connectivity index (χ1) is 3.83. The summed E-state index contributed by atoms with van der Waals surface area (Å²) in [4.78, 5) is 10.3. The minimum Gasteiger partial charge on any atom is -0.353 e. The van der Waals surface area contributed by atoms with E-state index in [0.717, 1.165) is 17.3 Å². The lowest BCUT2D eigenvalue weighted by Gasteiger charge is -2.25. The molecule has 1 fully saturated rings. The molecule has 1 N–H and O–H groups in total. The third-order valence-electron chi connectivity index (χ3n) is 1.25. The fourth-order valence-electron chi connectivity index (χ4n) is 0.736. The largest absolute Gasteiger partial charge is 0.353 e. The van der Waals surface area contributed by atoms with Crippen LogP contribution in [0.1, 0.15) is 12.8 Å². The summed E-state index contributed by atoms with van der Waals surface area (Å²) in [6.07, 6.45) is 1.88. The molecule has 1 saturated heterocycles.